The Balaban J connectivity index is 1.11. The van der Waals surface area contributed by atoms with Crippen molar-refractivity contribution in [3.05, 3.63) is 51.6 Å². The van der Waals surface area contributed by atoms with Crippen LogP contribution in [0.5, 0.6) is 17.2 Å². The summed E-state index contributed by atoms with van der Waals surface area (Å²) >= 11 is 4.06. The molecule has 0 bridgehead atoms. The van der Waals surface area contributed by atoms with Crippen LogP contribution in [-0.4, -0.2) is 177 Å². The Morgan fingerprint density at radius 2 is 1.44 bits per heavy atom. The minimum absolute atomic E-state index is 0.0489. The smallest absolute Gasteiger partial charge is 0.220 e. The Morgan fingerprint density at radius 1 is 0.844 bits per heavy atom. The van der Waals surface area contributed by atoms with Gasteiger partial charge in [0.1, 0.15) is 35.6 Å². The normalized spacial score (nSPS) is 22.6. The molecule has 3 aliphatic rings. The first kappa shape index (κ1) is 50.7. The number of carbonyl (C=O) groups excluding carboxylic acids is 5. The summed E-state index contributed by atoms with van der Waals surface area (Å²) in [6, 6.07) is 3.31. The largest absolute Gasteiger partial charge is 0.507 e. The van der Waals surface area contributed by atoms with Crippen LogP contribution in [0, 0.1) is 0 Å². The van der Waals surface area contributed by atoms with E-state index in [2.05, 4.69) is 23.3 Å². The van der Waals surface area contributed by atoms with Crippen LogP contribution in [0.4, 0.5) is 0 Å². The number of Topliss-reactive ketones (excluding diaryl/α,β-unsaturated/α-hetero) is 1. The number of fused-ring (bicyclic) bond motifs is 3. The van der Waals surface area contributed by atoms with E-state index in [0.29, 0.717) is 65.2 Å². The lowest BCUT2D eigenvalue weighted by Gasteiger charge is -2.43. The second-order valence-corrected chi connectivity index (χ2v) is 15.8. The van der Waals surface area contributed by atoms with Crippen molar-refractivity contribution in [1.29, 1.82) is 0 Å². The van der Waals surface area contributed by atoms with Crippen molar-refractivity contribution in [2.75, 3.05) is 92.1 Å². The van der Waals surface area contributed by atoms with Crippen LogP contribution in [0.2, 0.25) is 0 Å². The third-order valence-electron chi connectivity index (χ3n) is 11.0. The lowest BCUT2D eigenvalue weighted by Crippen LogP contribution is -2.56. The Morgan fingerprint density at radius 3 is 2.05 bits per heavy atom. The average molecular weight is 923 g/mol. The molecule has 0 saturated carbocycles. The van der Waals surface area contributed by atoms with Crippen molar-refractivity contribution >= 4 is 41.8 Å². The predicted molar refractivity (Wildman–Crippen MR) is 226 cm³/mol. The van der Waals surface area contributed by atoms with Gasteiger partial charge >= 0.3 is 0 Å². The van der Waals surface area contributed by atoms with Crippen LogP contribution in [0.15, 0.2) is 18.2 Å². The summed E-state index contributed by atoms with van der Waals surface area (Å²) in [7, 11) is 1.30. The van der Waals surface area contributed by atoms with Crippen molar-refractivity contribution in [3.8, 4) is 17.2 Å². The number of aliphatic hydroxyl groups excluding tert-OH is 2. The maximum absolute atomic E-state index is 13.9. The van der Waals surface area contributed by atoms with Gasteiger partial charge in [-0.15, -0.1) is 0 Å². The highest BCUT2D eigenvalue weighted by atomic mass is 32.1. The number of thiol groups is 1. The molecule has 1 fully saturated rings. The van der Waals surface area contributed by atoms with Crippen molar-refractivity contribution < 1.29 is 87.4 Å². The molecule has 1 unspecified atom stereocenters. The minimum atomic E-state index is -2.36. The highest BCUT2D eigenvalue weighted by molar-refractivity contribution is 7.80. The predicted octanol–water partition coefficient (Wildman–Crippen LogP) is 0.0680. The van der Waals surface area contributed by atoms with Crippen molar-refractivity contribution in [1.82, 2.24) is 10.6 Å². The molecule has 20 nitrogen and oxygen atoms in total. The molecule has 1 heterocycles. The lowest BCUT2D eigenvalue weighted by atomic mass is 9.72. The zero-order valence-electron chi connectivity index (χ0n) is 35.8. The number of methoxy groups -OCH3 is 1. The molecule has 0 spiro atoms. The third kappa shape index (κ3) is 12.5. The van der Waals surface area contributed by atoms with Crippen molar-refractivity contribution in [2.45, 2.75) is 75.3 Å². The summed E-state index contributed by atoms with van der Waals surface area (Å²) in [6.07, 6.45) is -6.80. The number of rotatable bonds is 26. The first-order valence-corrected chi connectivity index (χ1v) is 21.7. The van der Waals surface area contributed by atoms with Crippen LogP contribution < -0.4 is 15.4 Å². The number of phenols is 2. The molecule has 2 amide bonds. The Bertz CT molecular complexity index is 1970. The number of ketones is 3. The maximum Gasteiger partial charge on any atom is 0.220 e. The van der Waals surface area contributed by atoms with Gasteiger partial charge in [-0.2, -0.15) is 12.6 Å². The van der Waals surface area contributed by atoms with Crippen LogP contribution in [-0.2, 0) is 54.0 Å². The molecular weight excluding hydrogens is 865 g/mol. The molecular formula is C43H58N2O18S. The first-order valence-electron chi connectivity index (χ1n) is 21.0. The molecule has 354 valence electrons. The average Bonchev–Trinajstić information content (AvgIpc) is 3.27. The van der Waals surface area contributed by atoms with Crippen LogP contribution in [0.3, 0.4) is 0 Å². The highest BCUT2D eigenvalue weighted by Gasteiger charge is 2.50. The van der Waals surface area contributed by atoms with E-state index in [1.54, 1.807) is 0 Å². The molecule has 2 aliphatic carbocycles. The zero-order chi connectivity index (χ0) is 46.4. The summed E-state index contributed by atoms with van der Waals surface area (Å²) in [5, 5.41) is 61.0. The van der Waals surface area contributed by atoms with E-state index >= 15 is 0 Å². The number of benzene rings is 2. The fraction of sp³-hybridized carbons (Fsp3) is 0.605. The van der Waals surface area contributed by atoms with E-state index in [4.69, 9.17) is 37.9 Å². The van der Waals surface area contributed by atoms with E-state index in [9.17, 15) is 49.5 Å². The van der Waals surface area contributed by atoms with Gasteiger partial charge in [-0.3, -0.25) is 24.0 Å². The van der Waals surface area contributed by atoms with Gasteiger partial charge in [0, 0.05) is 61.1 Å². The monoisotopic (exact) mass is 922 g/mol. The minimum Gasteiger partial charge on any atom is -0.507 e. The van der Waals surface area contributed by atoms with Gasteiger partial charge in [0.05, 0.1) is 108 Å². The number of ether oxygens (including phenoxy) is 8. The van der Waals surface area contributed by atoms with Gasteiger partial charge in [-0.1, -0.05) is 12.1 Å². The zero-order valence-corrected chi connectivity index (χ0v) is 36.7. The van der Waals surface area contributed by atoms with Gasteiger partial charge in [0.15, 0.2) is 17.9 Å². The molecule has 2 aromatic rings. The molecule has 0 aromatic heterocycles. The molecule has 64 heavy (non-hydrogen) atoms. The van der Waals surface area contributed by atoms with Gasteiger partial charge in [0.2, 0.25) is 17.6 Å². The third-order valence-corrected chi connectivity index (χ3v) is 11.2. The summed E-state index contributed by atoms with van der Waals surface area (Å²) in [5.41, 5.74) is -4.17. The van der Waals surface area contributed by atoms with Gasteiger partial charge in [-0.25, -0.2) is 0 Å². The number of amides is 2. The summed E-state index contributed by atoms with van der Waals surface area (Å²) in [5.74, 6) is -4.47. The highest BCUT2D eigenvalue weighted by Crippen LogP contribution is 2.52. The number of carbonyl (C=O) groups is 5. The van der Waals surface area contributed by atoms with Gasteiger partial charge in [0.25, 0.3) is 0 Å². The molecule has 5 rings (SSSR count). The van der Waals surface area contributed by atoms with Gasteiger partial charge < -0.3 is 74.1 Å². The second kappa shape index (κ2) is 24.3. The quantitative estimate of drug-likeness (QED) is 0.0300. The van der Waals surface area contributed by atoms with E-state index in [1.165, 1.54) is 32.2 Å². The second-order valence-electron chi connectivity index (χ2n) is 15.3. The fourth-order valence-electron chi connectivity index (χ4n) is 7.76. The van der Waals surface area contributed by atoms with Crippen LogP contribution >= 0.6 is 12.6 Å². The standard InChI is InChI=1S/C43H58N2O18S/c1-24-38(50)27(45-32(49)7-6-31(48)44-8-9-57-10-11-58-12-13-59-14-15-60-16-17-61-18-19-64)20-33(62-24)63-29-22-43(55,30(47)23-46)21-26-35(29)42(54)37-36(40(26)52)39(51)25-4-3-5-28(56-2)34(25)41(37)53/h3-5,24,27,29,33,38,46,50,52,54-55,64H,6-23H2,1-2H3,(H,44,48)(H,45,49)/t24-,27?,29-,33-,38+,43-/m0/s1. The fourth-order valence-corrected chi connectivity index (χ4v) is 7.89. The molecule has 7 N–H and O–H groups in total. The summed E-state index contributed by atoms with van der Waals surface area (Å²) in [6.45, 7) is 4.74. The molecule has 21 heteroatoms. The SMILES string of the molecule is COc1cccc2c1C(=O)c1c(O)c3c(c(O)c1C2=O)C[C@@](O)(C(=O)CO)C[C@@H]3O[C@H]1CC(NC(=O)CCC(=O)NCCOCCOCCOCCOCCOCCS)[C@H](O)[C@H](C)O1. The van der Waals surface area contributed by atoms with E-state index < -0.39 is 107 Å². The number of aliphatic hydroxyl groups is 3. The van der Waals surface area contributed by atoms with Gasteiger partial charge in [-0.05, 0) is 13.0 Å². The topological polar surface area (TPSA) is 284 Å². The van der Waals surface area contributed by atoms with E-state index in [-0.39, 0.29) is 60.4 Å². The number of hydrogen-bond donors (Lipinski definition) is 8. The number of aromatic hydroxyl groups is 2. The van der Waals surface area contributed by atoms with Crippen molar-refractivity contribution in [3.63, 3.8) is 0 Å². The number of nitrogens with one attached hydrogen (secondary N) is 2. The van der Waals surface area contributed by atoms with Crippen molar-refractivity contribution in [2.24, 2.45) is 0 Å². The Hall–Kier alpha value is -4.26. The number of hydrogen-bond acceptors (Lipinski definition) is 19. The number of phenolic OH excluding ortho intramolecular Hbond substituents is 2. The van der Waals surface area contributed by atoms with E-state index in [1.807, 2.05) is 0 Å². The van der Waals surface area contributed by atoms with E-state index in [0.717, 1.165) is 0 Å². The lowest BCUT2D eigenvalue weighted by molar-refractivity contribution is -0.249. The summed E-state index contributed by atoms with van der Waals surface area (Å²) in [4.78, 5) is 66.1. The molecule has 1 aliphatic heterocycles. The molecule has 1 saturated heterocycles. The Labute approximate surface area is 375 Å². The first-order chi connectivity index (χ1) is 30.8. The molecule has 0 radical (unpaired) electrons. The Kier molecular flexibility index (Phi) is 19.3. The molecule has 2 aromatic carbocycles. The summed E-state index contributed by atoms with van der Waals surface area (Å²) < 4.78 is 44.4. The van der Waals surface area contributed by atoms with Crippen LogP contribution in [0.25, 0.3) is 0 Å². The maximum atomic E-state index is 13.9. The van der Waals surface area contributed by atoms with Crippen LogP contribution in [0.1, 0.15) is 81.7 Å². The molecule has 6 atom stereocenters.